The lowest BCUT2D eigenvalue weighted by atomic mass is 10.1. The summed E-state index contributed by atoms with van der Waals surface area (Å²) >= 11 is 0. The number of benzene rings is 2. The lowest BCUT2D eigenvalue weighted by molar-refractivity contribution is 0.0157. The first-order chi connectivity index (χ1) is 10.8. The molecule has 0 spiro atoms. The zero-order chi connectivity index (χ0) is 15.6. The molecule has 2 rings (SSSR count). The minimum Gasteiger partial charge on any atom is -0.468 e. The second-order valence-corrected chi connectivity index (χ2v) is 5.00. The fraction of sp³-hybridized carbons (Fsp3) is 0.300. The maximum atomic E-state index is 5.48. The van der Waals surface area contributed by atoms with Crippen LogP contribution in [0.25, 0.3) is 0 Å². The summed E-state index contributed by atoms with van der Waals surface area (Å²) in [4.78, 5) is 0. The Kier molecular flexibility index (Phi) is 6.54. The molecule has 22 heavy (non-hydrogen) atoms. The third-order valence-corrected chi connectivity index (χ3v) is 3.23. The van der Waals surface area contributed by atoms with Gasteiger partial charge in [0.2, 0.25) is 0 Å². The van der Waals surface area contributed by atoms with Crippen molar-refractivity contribution in [2.24, 2.45) is 0 Å². The summed E-state index contributed by atoms with van der Waals surface area (Å²) in [5.41, 5.74) is 3.34. The van der Waals surface area contributed by atoms with E-state index in [0.717, 1.165) is 36.3 Å². The van der Waals surface area contributed by atoms with Crippen molar-refractivity contribution < 1.29 is 9.47 Å². The number of hydrogen-bond acceptors (Lipinski definition) is 2. The van der Waals surface area contributed by atoms with Crippen LogP contribution in [0.5, 0.6) is 5.75 Å². The van der Waals surface area contributed by atoms with Crippen molar-refractivity contribution in [3.05, 3.63) is 65.2 Å². The van der Waals surface area contributed by atoms with Gasteiger partial charge in [0.15, 0.2) is 6.79 Å². The first kappa shape index (κ1) is 16.1. The zero-order valence-corrected chi connectivity index (χ0v) is 13.3. The monoisotopic (exact) mass is 294 g/mol. The largest absolute Gasteiger partial charge is 0.468 e. The van der Waals surface area contributed by atoms with E-state index in [9.17, 15) is 0 Å². The maximum absolute atomic E-state index is 5.48. The average Bonchev–Trinajstić information content (AvgIpc) is 2.58. The minimum absolute atomic E-state index is 0.294. The molecule has 0 fully saturated rings. The molecule has 0 saturated heterocycles. The van der Waals surface area contributed by atoms with Crippen molar-refractivity contribution in [3.63, 3.8) is 0 Å². The van der Waals surface area contributed by atoms with E-state index in [4.69, 9.17) is 9.47 Å². The Labute approximate surface area is 133 Å². The van der Waals surface area contributed by atoms with Gasteiger partial charge >= 0.3 is 0 Å². The van der Waals surface area contributed by atoms with E-state index in [2.05, 4.69) is 50.0 Å². The Hall–Kier alpha value is -2.24. The van der Waals surface area contributed by atoms with Crippen LogP contribution in [0.15, 0.2) is 48.5 Å². The molecule has 0 aliphatic rings. The molecule has 2 aromatic rings. The maximum Gasteiger partial charge on any atom is 0.189 e. The van der Waals surface area contributed by atoms with E-state index >= 15 is 0 Å². The van der Waals surface area contributed by atoms with Crippen LogP contribution >= 0.6 is 0 Å². The standard InChI is InChI=1S/C20H22O2/c1-3-15-21-16-22-20-13-11-19(12-14-20)10-9-18-7-5-17(4-2)6-8-18/h5-8,11-14H,3-4,15-16H2,1-2H3. The first-order valence-electron chi connectivity index (χ1n) is 7.73. The smallest absolute Gasteiger partial charge is 0.189 e. The molecule has 2 aromatic carbocycles. The molecule has 0 aliphatic heterocycles. The molecule has 0 bridgehead atoms. The van der Waals surface area contributed by atoms with Crippen LogP contribution in [0, 0.1) is 11.8 Å². The SMILES string of the molecule is CCCOCOc1ccc(C#Cc2ccc(CC)cc2)cc1. The highest BCUT2D eigenvalue weighted by Gasteiger charge is 1.94. The first-order valence-corrected chi connectivity index (χ1v) is 7.73. The van der Waals surface area contributed by atoms with Gasteiger partial charge in [-0.2, -0.15) is 0 Å². The lowest BCUT2D eigenvalue weighted by Crippen LogP contribution is -2.03. The highest BCUT2D eigenvalue weighted by atomic mass is 16.7. The van der Waals surface area contributed by atoms with E-state index in [1.54, 1.807) is 0 Å². The van der Waals surface area contributed by atoms with Crippen molar-refractivity contribution in [1.82, 2.24) is 0 Å². The Morgan fingerprint density at radius 1 is 0.818 bits per heavy atom. The average molecular weight is 294 g/mol. The molecule has 0 heterocycles. The summed E-state index contributed by atoms with van der Waals surface area (Å²) < 4.78 is 10.8. The fourth-order valence-corrected chi connectivity index (χ4v) is 1.92. The van der Waals surface area contributed by atoms with Crippen molar-refractivity contribution >= 4 is 0 Å². The highest BCUT2D eigenvalue weighted by Crippen LogP contribution is 2.12. The quantitative estimate of drug-likeness (QED) is 0.446. The van der Waals surface area contributed by atoms with E-state index in [0.29, 0.717) is 6.79 Å². The van der Waals surface area contributed by atoms with Gasteiger partial charge in [0, 0.05) is 11.1 Å². The number of rotatable bonds is 6. The van der Waals surface area contributed by atoms with Gasteiger partial charge in [-0.1, -0.05) is 37.8 Å². The van der Waals surface area contributed by atoms with E-state index in [-0.39, 0.29) is 0 Å². The summed E-state index contributed by atoms with van der Waals surface area (Å²) in [5.74, 6) is 7.14. The van der Waals surface area contributed by atoms with Gasteiger partial charge in [-0.25, -0.2) is 0 Å². The van der Waals surface area contributed by atoms with Crippen LogP contribution in [-0.4, -0.2) is 13.4 Å². The van der Waals surface area contributed by atoms with Gasteiger partial charge in [-0.05, 0) is 54.8 Å². The predicted molar refractivity (Wildman–Crippen MR) is 90.0 cm³/mol. The third kappa shape index (κ3) is 5.27. The van der Waals surface area contributed by atoms with Gasteiger partial charge in [-0.3, -0.25) is 0 Å². The molecule has 0 unspecified atom stereocenters. The molecular weight excluding hydrogens is 272 g/mol. The van der Waals surface area contributed by atoms with Crippen LogP contribution in [0.3, 0.4) is 0 Å². The molecule has 0 atom stereocenters. The molecule has 0 amide bonds. The molecule has 0 radical (unpaired) electrons. The Balaban J connectivity index is 1.92. The molecule has 0 N–H and O–H groups in total. The number of aryl methyl sites for hydroxylation is 1. The molecule has 114 valence electrons. The van der Waals surface area contributed by atoms with Gasteiger partial charge in [-0.15, -0.1) is 0 Å². The normalized spacial score (nSPS) is 9.91. The van der Waals surface area contributed by atoms with Gasteiger partial charge in [0.05, 0.1) is 6.61 Å². The summed E-state index contributed by atoms with van der Waals surface area (Å²) in [7, 11) is 0. The topological polar surface area (TPSA) is 18.5 Å². The number of ether oxygens (including phenoxy) is 2. The second kappa shape index (κ2) is 8.92. The van der Waals surface area contributed by atoms with Gasteiger partial charge in [0.25, 0.3) is 0 Å². The fourth-order valence-electron chi connectivity index (χ4n) is 1.92. The van der Waals surface area contributed by atoms with E-state index in [1.807, 2.05) is 24.3 Å². The molecule has 0 aromatic heterocycles. The summed E-state index contributed by atoms with van der Waals surface area (Å²) in [6.07, 6.45) is 2.05. The zero-order valence-electron chi connectivity index (χ0n) is 13.3. The van der Waals surface area contributed by atoms with Crippen molar-refractivity contribution in [3.8, 4) is 17.6 Å². The molecule has 2 heteroatoms. The van der Waals surface area contributed by atoms with Crippen LogP contribution in [-0.2, 0) is 11.2 Å². The minimum atomic E-state index is 0.294. The van der Waals surface area contributed by atoms with Crippen molar-refractivity contribution in [2.75, 3.05) is 13.4 Å². The van der Waals surface area contributed by atoms with E-state index in [1.165, 1.54) is 5.56 Å². The van der Waals surface area contributed by atoms with Crippen molar-refractivity contribution in [1.29, 1.82) is 0 Å². The third-order valence-electron chi connectivity index (χ3n) is 3.23. The lowest BCUT2D eigenvalue weighted by Gasteiger charge is -2.06. The van der Waals surface area contributed by atoms with Gasteiger partial charge in [0.1, 0.15) is 5.75 Å². The molecule has 2 nitrogen and oxygen atoms in total. The van der Waals surface area contributed by atoms with Crippen molar-refractivity contribution in [2.45, 2.75) is 26.7 Å². The summed E-state index contributed by atoms with van der Waals surface area (Å²) in [6.45, 7) is 5.24. The van der Waals surface area contributed by atoms with Gasteiger partial charge < -0.3 is 9.47 Å². The second-order valence-electron chi connectivity index (χ2n) is 5.00. The highest BCUT2D eigenvalue weighted by molar-refractivity contribution is 5.44. The number of hydrogen-bond donors (Lipinski definition) is 0. The van der Waals surface area contributed by atoms with Crippen LogP contribution in [0.2, 0.25) is 0 Å². The summed E-state index contributed by atoms with van der Waals surface area (Å²) in [5, 5.41) is 0. The van der Waals surface area contributed by atoms with Crippen LogP contribution < -0.4 is 4.74 Å². The Bertz CT molecular complexity index is 615. The molecule has 0 aliphatic carbocycles. The predicted octanol–water partition coefficient (Wildman–Crippen LogP) is 4.41. The molecule has 0 saturated carbocycles. The van der Waals surface area contributed by atoms with Crippen LogP contribution in [0.1, 0.15) is 37.0 Å². The molecular formula is C20H22O2. The van der Waals surface area contributed by atoms with Crippen LogP contribution in [0.4, 0.5) is 0 Å². The van der Waals surface area contributed by atoms with E-state index < -0.39 is 0 Å². The Morgan fingerprint density at radius 2 is 1.41 bits per heavy atom. The Morgan fingerprint density at radius 3 is 1.95 bits per heavy atom. The summed E-state index contributed by atoms with van der Waals surface area (Å²) in [6, 6.07) is 16.1.